The molecule has 5 rings (SSSR count). The first-order valence-corrected chi connectivity index (χ1v) is 8.84. The molecule has 4 aromatic rings. The standard InChI is InChI=1S/C24H16N2O/c27-23-14-13-16-7-1-2-8-17(16)22(23)15-25-26-24-20-11-5-3-9-18(20)19-10-4-6-12-21(19)24/h1-15,27H/b25-15+. The molecule has 128 valence electrons. The Morgan fingerprint density at radius 2 is 1.22 bits per heavy atom. The van der Waals surface area contributed by atoms with E-state index in [2.05, 4.69) is 34.5 Å². The summed E-state index contributed by atoms with van der Waals surface area (Å²) in [6, 6.07) is 28.0. The minimum Gasteiger partial charge on any atom is -0.507 e. The number of rotatable bonds is 2. The van der Waals surface area contributed by atoms with Gasteiger partial charge >= 0.3 is 0 Å². The zero-order valence-electron chi connectivity index (χ0n) is 14.5. The lowest BCUT2D eigenvalue weighted by molar-refractivity contribution is 0.475. The Kier molecular flexibility index (Phi) is 3.58. The van der Waals surface area contributed by atoms with Crippen LogP contribution in [0.5, 0.6) is 5.75 Å². The number of hydrogen-bond donors (Lipinski definition) is 1. The van der Waals surface area contributed by atoms with Crippen molar-refractivity contribution in [2.75, 3.05) is 0 Å². The molecule has 0 fully saturated rings. The first-order chi connectivity index (χ1) is 13.3. The zero-order chi connectivity index (χ0) is 18.2. The van der Waals surface area contributed by atoms with Crippen LogP contribution in [-0.4, -0.2) is 17.0 Å². The van der Waals surface area contributed by atoms with Crippen molar-refractivity contribution >= 4 is 22.7 Å². The first-order valence-electron chi connectivity index (χ1n) is 8.84. The van der Waals surface area contributed by atoms with Crippen LogP contribution in [0.25, 0.3) is 21.9 Å². The SMILES string of the molecule is Oc1ccc2ccccc2c1/C=N/N=C1c2ccccc2-c2ccccc21. The van der Waals surface area contributed by atoms with Crippen LogP contribution in [0.1, 0.15) is 16.7 Å². The van der Waals surface area contributed by atoms with Gasteiger partial charge in [-0.3, -0.25) is 0 Å². The molecule has 0 radical (unpaired) electrons. The van der Waals surface area contributed by atoms with E-state index in [9.17, 15) is 5.11 Å². The van der Waals surface area contributed by atoms with Crippen molar-refractivity contribution in [1.82, 2.24) is 0 Å². The van der Waals surface area contributed by atoms with E-state index in [0.29, 0.717) is 5.56 Å². The molecule has 0 aromatic heterocycles. The van der Waals surface area contributed by atoms with E-state index in [1.54, 1.807) is 12.3 Å². The molecular formula is C24H16N2O. The summed E-state index contributed by atoms with van der Waals surface area (Å²) in [5, 5.41) is 21.1. The van der Waals surface area contributed by atoms with Crippen LogP contribution in [0, 0.1) is 0 Å². The van der Waals surface area contributed by atoms with Crippen LogP contribution >= 0.6 is 0 Å². The molecule has 0 spiro atoms. The van der Waals surface area contributed by atoms with Gasteiger partial charge in [-0.25, -0.2) is 0 Å². The molecule has 0 amide bonds. The number of nitrogens with zero attached hydrogens (tertiary/aromatic N) is 2. The third kappa shape index (κ3) is 2.52. The van der Waals surface area contributed by atoms with Crippen LogP contribution in [0.4, 0.5) is 0 Å². The topological polar surface area (TPSA) is 45.0 Å². The zero-order valence-corrected chi connectivity index (χ0v) is 14.5. The summed E-state index contributed by atoms with van der Waals surface area (Å²) < 4.78 is 0. The summed E-state index contributed by atoms with van der Waals surface area (Å²) in [6.45, 7) is 0. The highest BCUT2D eigenvalue weighted by atomic mass is 16.3. The lowest BCUT2D eigenvalue weighted by atomic mass is 10.0. The van der Waals surface area contributed by atoms with E-state index in [-0.39, 0.29) is 5.75 Å². The van der Waals surface area contributed by atoms with Gasteiger partial charge in [-0.2, -0.15) is 5.10 Å². The number of aromatic hydroxyl groups is 1. The Balaban J connectivity index is 1.62. The maximum Gasteiger partial charge on any atom is 0.125 e. The third-order valence-electron chi connectivity index (χ3n) is 4.95. The van der Waals surface area contributed by atoms with Crippen LogP contribution in [-0.2, 0) is 0 Å². The van der Waals surface area contributed by atoms with Gasteiger partial charge in [0, 0.05) is 16.7 Å². The van der Waals surface area contributed by atoms with E-state index in [4.69, 9.17) is 0 Å². The van der Waals surface area contributed by atoms with E-state index in [1.807, 2.05) is 54.6 Å². The summed E-state index contributed by atoms with van der Waals surface area (Å²) in [6.07, 6.45) is 1.63. The molecule has 4 aromatic carbocycles. The average molecular weight is 348 g/mol. The fourth-order valence-corrected chi connectivity index (χ4v) is 3.67. The molecule has 0 aliphatic heterocycles. The summed E-state index contributed by atoms with van der Waals surface area (Å²) >= 11 is 0. The van der Waals surface area contributed by atoms with Crippen LogP contribution < -0.4 is 0 Å². The van der Waals surface area contributed by atoms with Gasteiger partial charge in [0.15, 0.2) is 0 Å². The molecule has 3 nitrogen and oxygen atoms in total. The van der Waals surface area contributed by atoms with E-state index < -0.39 is 0 Å². The molecule has 1 aliphatic rings. The number of benzene rings is 4. The van der Waals surface area contributed by atoms with Crippen molar-refractivity contribution in [1.29, 1.82) is 0 Å². The van der Waals surface area contributed by atoms with Gasteiger partial charge in [0.1, 0.15) is 11.5 Å². The van der Waals surface area contributed by atoms with Gasteiger partial charge in [0.25, 0.3) is 0 Å². The smallest absolute Gasteiger partial charge is 0.125 e. The van der Waals surface area contributed by atoms with Gasteiger partial charge in [-0.15, -0.1) is 5.10 Å². The predicted octanol–water partition coefficient (Wildman–Crippen LogP) is 5.40. The minimum absolute atomic E-state index is 0.199. The van der Waals surface area contributed by atoms with E-state index >= 15 is 0 Å². The largest absolute Gasteiger partial charge is 0.507 e. The van der Waals surface area contributed by atoms with Crippen molar-refractivity contribution in [3.8, 4) is 16.9 Å². The predicted molar refractivity (Wildman–Crippen MR) is 111 cm³/mol. The van der Waals surface area contributed by atoms with Crippen LogP contribution in [0.2, 0.25) is 0 Å². The molecule has 0 bridgehead atoms. The molecule has 0 atom stereocenters. The summed E-state index contributed by atoms with van der Waals surface area (Å²) in [5.74, 6) is 0.199. The molecule has 0 saturated carbocycles. The number of phenolic OH excluding ortho intramolecular Hbond substituents is 1. The number of phenols is 1. The lowest BCUT2D eigenvalue weighted by Gasteiger charge is -2.04. The highest BCUT2D eigenvalue weighted by Crippen LogP contribution is 2.36. The second-order valence-corrected chi connectivity index (χ2v) is 6.50. The second-order valence-electron chi connectivity index (χ2n) is 6.50. The van der Waals surface area contributed by atoms with Crippen molar-refractivity contribution in [3.63, 3.8) is 0 Å². The summed E-state index contributed by atoms with van der Waals surface area (Å²) in [7, 11) is 0. The van der Waals surface area contributed by atoms with Crippen molar-refractivity contribution < 1.29 is 5.11 Å². The number of hydrogen-bond acceptors (Lipinski definition) is 3. The van der Waals surface area contributed by atoms with Gasteiger partial charge in [-0.1, -0.05) is 78.9 Å². The van der Waals surface area contributed by atoms with Gasteiger partial charge in [0.2, 0.25) is 0 Å². The molecule has 0 heterocycles. The van der Waals surface area contributed by atoms with Crippen LogP contribution in [0.15, 0.2) is 95.1 Å². The van der Waals surface area contributed by atoms with Gasteiger partial charge in [-0.05, 0) is 28.0 Å². The third-order valence-corrected chi connectivity index (χ3v) is 4.95. The average Bonchev–Trinajstić information content (AvgIpc) is 3.04. The Morgan fingerprint density at radius 3 is 1.93 bits per heavy atom. The highest BCUT2D eigenvalue weighted by Gasteiger charge is 2.23. The Morgan fingerprint density at radius 1 is 0.630 bits per heavy atom. The monoisotopic (exact) mass is 348 g/mol. The highest BCUT2D eigenvalue weighted by molar-refractivity contribution is 6.24. The molecule has 3 heteroatoms. The molecule has 0 saturated heterocycles. The van der Waals surface area contributed by atoms with Crippen molar-refractivity contribution in [2.24, 2.45) is 10.2 Å². The van der Waals surface area contributed by atoms with Crippen molar-refractivity contribution in [3.05, 3.63) is 102 Å². The lowest BCUT2D eigenvalue weighted by Crippen LogP contribution is -1.97. The molecule has 1 N–H and O–H groups in total. The Hall–Kier alpha value is -3.72. The quantitative estimate of drug-likeness (QED) is 0.337. The van der Waals surface area contributed by atoms with Crippen molar-refractivity contribution in [2.45, 2.75) is 0 Å². The first kappa shape index (κ1) is 15.5. The molecular weight excluding hydrogens is 332 g/mol. The maximum atomic E-state index is 10.3. The summed E-state index contributed by atoms with van der Waals surface area (Å²) in [5.41, 5.74) is 6.05. The van der Waals surface area contributed by atoms with Gasteiger partial charge < -0.3 is 5.11 Å². The maximum absolute atomic E-state index is 10.3. The second kappa shape index (κ2) is 6.22. The van der Waals surface area contributed by atoms with E-state index in [0.717, 1.165) is 27.6 Å². The fourth-order valence-electron chi connectivity index (χ4n) is 3.67. The Labute approximate surface area is 157 Å². The minimum atomic E-state index is 0.199. The molecule has 1 aliphatic carbocycles. The Bertz CT molecular complexity index is 1190. The molecule has 27 heavy (non-hydrogen) atoms. The van der Waals surface area contributed by atoms with E-state index in [1.165, 1.54) is 11.1 Å². The normalized spacial score (nSPS) is 12.4. The van der Waals surface area contributed by atoms with Crippen LogP contribution in [0.3, 0.4) is 0 Å². The van der Waals surface area contributed by atoms with Gasteiger partial charge in [0.05, 0.1) is 6.21 Å². The molecule has 0 unspecified atom stereocenters. The fraction of sp³-hybridized carbons (Fsp3) is 0. The summed E-state index contributed by atoms with van der Waals surface area (Å²) in [4.78, 5) is 0. The number of fused-ring (bicyclic) bond motifs is 4.